The van der Waals surface area contributed by atoms with Crippen LogP contribution in [0.3, 0.4) is 0 Å². The standard InChI is InChI=1S/C8H14BO7P/c1-13-2-3-14-7-6(16-17(11)12)5(4-10)15-8(7)9/h5-8,10H,2-4H2,1H3/p+1. The average molecular weight is 265 g/mol. The highest BCUT2D eigenvalue weighted by Gasteiger charge is 2.48. The van der Waals surface area contributed by atoms with E-state index >= 15 is 0 Å². The van der Waals surface area contributed by atoms with Gasteiger partial charge in [0.05, 0.1) is 19.8 Å². The quantitative estimate of drug-likeness (QED) is 0.344. The van der Waals surface area contributed by atoms with Crippen LogP contribution in [0.1, 0.15) is 0 Å². The van der Waals surface area contributed by atoms with Crippen molar-refractivity contribution in [2.75, 3.05) is 26.9 Å². The van der Waals surface area contributed by atoms with E-state index in [-0.39, 0.29) is 13.2 Å². The molecule has 0 bridgehead atoms. The zero-order valence-corrected chi connectivity index (χ0v) is 10.3. The molecule has 1 saturated heterocycles. The summed E-state index contributed by atoms with van der Waals surface area (Å²) >= 11 is 0. The maximum atomic E-state index is 10.7. The number of hydrogen-bond acceptors (Lipinski definition) is 6. The molecule has 1 rings (SSSR count). The van der Waals surface area contributed by atoms with E-state index in [9.17, 15) is 4.57 Å². The molecule has 2 N–H and O–H groups in total. The number of aliphatic hydroxyl groups excluding tert-OH is 1. The first-order chi connectivity index (χ1) is 8.10. The Balaban J connectivity index is 2.58. The molecule has 0 aromatic heterocycles. The molecule has 0 amide bonds. The van der Waals surface area contributed by atoms with E-state index in [0.29, 0.717) is 6.61 Å². The van der Waals surface area contributed by atoms with Gasteiger partial charge >= 0.3 is 8.25 Å². The first-order valence-corrected chi connectivity index (χ1v) is 6.18. The Morgan fingerprint density at radius 2 is 2.12 bits per heavy atom. The summed E-state index contributed by atoms with van der Waals surface area (Å²) in [5.41, 5.74) is 0. The summed E-state index contributed by atoms with van der Waals surface area (Å²) in [6.07, 6.45) is -2.36. The molecule has 5 atom stereocenters. The van der Waals surface area contributed by atoms with Gasteiger partial charge in [-0.25, -0.2) is 0 Å². The van der Waals surface area contributed by atoms with Gasteiger partial charge in [-0.2, -0.15) is 0 Å². The van der Waals surface area contributed by atoms with E-state index < -0.39 is 32.6 Å². The highest BCUT2D eigenvalue weighted by molar-refractivity contribution is 7.32. The van der Waals surface area contributed by atoms with Crippen LogP contribution in [0.25, 0.3) is 0 Å². The Morgan fingerprint density at radius 3 is 2.65 bits per heavy atom. The van der Waals surface area contributed by atoms with Crippen LogP contribution in [0.5, 0.6) is 0 Å². The van der Waals surface area contributed by atoms with E-state index in [4.69, 9.17) is 36.6 Å². The fourth-order valence-corrected chi connectivity index (χ4v) is 2.06. The van der Waals surface area contributed by atoms with Crippen molar-refractivity contribution >= 4 is 16.1 Å². The molecule has 1 aliphatic rings. The topological polar surface area (TPSA) is 94.5 Å². The van der Waals surface area contributed by atoms with Gasteiger partial charge in [-0.05, 0) is 0 Å². The van der Waals surface area contributed by atoms with E-state index in [2.05, 4.69) is 0 Å². The van der Waals surface area contributed by atoms with Gasteiger partial charge in [0.2, 0.25) is 0 Å². The molecule has 0 aromatic carbocycles. The second-order valence-corrected chi connectivity index (χ2v) is 4.14. The molecule has 2 radical (unpaired) electrons. The molecule has 0 aromatic rings. The lowest BCUT2D eigenvalue weighted by molar-refractivity contribution is -0.0324. The van der Waals surface area contributed by atoms with Gasteiger partial charge < -0.3 is 19.3 Å². The Bertz CT molecular complexity index is 254. The fourth-order valence-electron chi connectivity index (χ4n) is 1.59. The molecule has 1 aliphatic heterocycles. The summed E-state index contributed by atoms with van der Waals surface area (Å²) in [6, 6.07) is -0.816. The average Bonchev–Trinajstić information content (AvgIpc) is 2.56. The number of aliphatic hydroxyl groups is 1. The van der Waals surface area contributed by atoms with Crippen molar-refractivity contribution in [3.05, 3.63) is 0 Å². The minimum absolute atomic E-state index is 0.248. The second kappa shape index (κ2) is 7.38. The van der Waals surface area contributed by atoms with Crippen molar-refractivity contribution < 1.29 is 33.3 Å². The summed E-state index contributed by atoms with van der Waals surface area (Å²) in [6.45, 7) is 0.231. The van der Waals surface area contributed by atoms with E-state index in [1.165, 1.54) is 7.11 Å². The molecule has 1 fully saturated rings. The van der Waals surface area contributed by atoms with Crippen LogP contribution in [0.4, 0.5) is 0 Å². The van der Waals surface area contributed by atoms with Crippen LogP contribution in [0.2, 0.25) is 0 Å². The molecule has 0 saturated carbocycles. The van der Waals surface area contributed by atoms with E-state index in [0.717, 1.165) is 0 Å². The second-order valence-electron chi connectivity index (χ2n) is 3.46. The van der Waals surface area contributed by atoms with Gasteiger partial charge in [-0.1, -0.05) is 0 Å². The number of ether oxygens (including phenoxy) is 3. The maximum absolute atomic E-state index is 10.7. The van der Waals surface area contributed by atoms with E-state index in [1.807, 2.05) is 0 Å². The van der Waals surface area contributed by atoms with Crippen LogP contribution in [-0.2, 0) is 23.3 Å². The zero-order valence-electron chi connectivity index (χ0n) is 9.39. The molecule has 0 spiro atoms. The fraction of sp³-hybridized carbons (Fsp3) is 1.00. The molecule has 17 heavy (non-hydrogen) atoms. The Hall–Kier alpha value is -0.0751. The van der Waals surface area contributed by atoms with Crippen molar-refractivity contribution in [2.24, 2.45) is 0 Å². The molecule has 5 unspecified atom stereocenters. The van der Waals surface area contributed by atoms with Gasteiger partial charge in [0.15, 0.2) is 6.10 Å². The van der Waals surface area contributed by atoms with Crippen LogP contribution >= 0.6 is 8.25 Å². The predicted molar refractivity (Wildman–Crippen MR) is 57.8 cm³/mol. The molecular weight excluding hydrogens is 250 g/mol. The van der Waals surface area contributed by atoms with Gasteiger partial charge in [0.25, 0.3) is 0 Å². The number of rotatable bonds is 7. The summed E-state index contributed by atoms with van der Waals surface area (Å²) < 4.78 is 30.7. The first kappa shape index (κ1) is 15.0. The van der Waals surface area contributed by atoms with Crippen molar-refractivity contribution in [2.45, 2.75) is 24.3 Å². The normalized spacial score (nSPS) is 33.9. The number of hydrogen-bond donors (Lipinski definition) is 2. The third-order valence-electron chi connectivity index (χ3n) is 2.34. The largest absolute Gasteiger partial charge is 0.695 e. The predicted octanol–water partition coefficient (Wildman–Crippen LogP) is -1.06. The summed E-state index contributed by atoms with van der Waals surface area (Å²) in [5, 5.41) is 9.04. The molecule has 96 valence electrons. The monoisotopic (exact) mass is 265 g/mol. The molecular formula is C8H15BO7P+. The smallest absolute Gasteiger partial charge is 0.394 e. The summed E-state index contributed by atoms with van der Waals surface area (Å²) in [5.74, 6) is 0. The highest BCUT2D eigenvalue weighted by atomic mass is 31.1. The molecule has 1 heterocycles. The Labute approximate surface area is 101 Å². The van der Waals surface area contributed by atoms with Crippen molar-refractivity contribution in [1.82, 2.24) is 0 Å². The van der Waals surface area contributed by atoms with E-state index in [1.54, 1.807) is 0 Å². The minimum atomic E-state index is -2.82. The lowest BCUT2D eigenvalue weighted by Gasteiger charge is -2.18. The lowest BCUT2D eigenvalue weighted by atomic mass is 9.93. The highest BCUT2D eigenvalue weighted by Crippen LogP contribution is 2.31. The molecule has 9 heteroatoms. The first-order valence-electron chi connectivity index (χ1n) is 5.05. The van der Waals surface area contributed by atoms with Crippen LogP contribution in [-0.4, -0.2) is 69.1 Å². The Kier molecular flexibility index (Phi) is 6.50. The van der Waals surface area contributed by atoms with Crippen LogP contribution in [0, 0.1) is 0 Å². The van der Waals surface area contributed by atoms with Gasteiger partial charge in [-0.15, -0.1) is 9.42 Å². The van der Waals surface area contributed by atoms with Crippen molar-refractivity contribution in [3.8, 4) is 0 Å². The third-order valence-corrected chi connectivity index (χ3v) is 2.76. The van der Waals surface area contributed by atoms with Crippen LogP contribution in [0.15, 0.2) is 0 Å². The molecule has 0 aliphatic carbocycles. The van der Waals surface area contributed by atoms with Crippen molar-refractivity contribution in [3.63, 3.8) is 0 Å². The minimum Gasteiger partial charge on any atom is -0.394 e. The summed E-state index contributed by atoms with van der Waals surface area (Å²) in [4.78, 5) is 8.73. The third kappa shape index (κ3) is 4.26. The molecule has 7 nitrogen and oxygen atoms in total. The summed E-state index contributed by atoms with van der Waals surface area (Å²) in [7, 11) is 4.34. The van der Waals surface area contributed by atoms with Crippen molar-refractivity contribution in [1.29, 1.82) is 0 Å². The van der Waals surface area contributed by atoms with Gasteiger partial charge in [-0.3, -0.25) is 0 Å². The lowest BCUT2D eigenvalue weighted by Crippen LogP contribution is -2.38. The van der Waals surface area contributed by atoms with Gasteiger partial charge in [0.1, 0.15) is 20.1 Å². The van der Waals surface area contributed by atoms with Crippen LogP contribution < -0.4 is 0 Å². The SMILES string of the molecule is [B]C1OC(CO)C(O[P+](=O)O)C1OCCOC. The maximum Gasteiger partial charge on any atom is 0.695 e. The van der Waals surface area contributed by atoms with Gasteiger partial charge in [0, 0.05) is 17.7 Å². The Morgan fingerprint density at radius 1 is 1.41 bits per heavy atom. The number of methoxy groups -OCH3 is 1. The zero-order chi connectivity index (χ0) is 12.8.